The molecule has 0 aromatic heterocycles. The molecular weight excluding hydrogens is 313 g/mol. The summed E-state index contributed by atoms with van der Waals surface area (Å²) in [4.78, 5) is 14.1. The maximum Gasteiger partial charge on any atom is 0.254 e. The molecule has 0 aliphatic carbocycles. The second-order valence-electron chi connectivity index (χ2n) is 4.47. The van der Waals surface area contributed by atoms with Gasteiger partial charge in [-0.2, -0.15) is 0 Å². The first-order chi connectivity index (χ1) is 9.16. The van der Waals surface area contributed by atoms with Crippen molar-refractivity contribution in [3.8, 4) is 0 Å². The largest absolute Gasteiger partial charge is 0.351 e. The summed E-state index contributed by atoms with van der Waals surface area (Å²) < 4.78 is 14.2. The zero-order chi connectivity index (χ0) is 13.7. The van der Waals surface area contributed by atoms with Gasteiger partial charge in [0.1, 0.15) is 5.82 Å². The van der Waals surface area contributed by atoms with E-state index in [9.17, 15) is 9.18 Å². The molecule has 1 amide bonds. The standard InChI is InChI=1S/C13H17BrFN3O/c14-10-1-2-11(12(15)9-10)13(19)17-5-8-18-6-3-16-4-7-18/h1-2,9,16H,3-8H2,(H,17,19). The predicted molar refractivity (Wildman–Crippen MR) is 75.7 cm³/mol. The molecule has 2 N–H and O–H groups in total. The molecule has 19 heavy (non-hydrogen) atoms. The van der Waals surface area contributed by atoms with Gasteiger partial charge in [0, 0.05) is 43.7 Å². The second kappa shape index (κ2) is 6.98. The normalized spacial score (nSPS) is 16.3. The zero-order valence-electron chi connectivity index (χ0n) is 10.6. The Hall–Kier alpha value is -0.980. The number of halogens is 2. The molecule has 1 fully saturated rings. The van der Waals surface area contributed by atoms with Gasteiger partial charge in [-0.25, -0.2) is 4.39 Å². The van der Waals surface area contributed by atoms with E-state index in [1.165, 1.54) is 12.1 Å². The molecule has 104 valence electrons. The van der Waals surface area contributed by atoms with E-state index in [2.05, 4.69) is 31.5 Å². The summed E-state index contributed by atoms with van der Waals surface area (Å²) in [5.74, 6) is -0.866. The van der Waals surface area contributed by atoms with Gasteiger partial charge >= 0.3 is 0 Å². The summed E-state index contributed by atoms with van der Waals surface area (Å²) >= 11 is 3.17. The monoisotopic (exact) mass is 329 g/mol. The van der Waals surface area contributed by atoms with Crippen LogP contribution in [0.25, 0.3) is 0 Å². The smallest absolute Gasteiger partial charge is 0.254 e. The fourth-order valence-electron chi connectivity index (χ4n) is 2.03. The molecule has 0 bridgehead atoms. The average Bonchev–Trinajstić information content (AvgIpc) is 2.39. The van der Waals surface area contributed by atoms with E-state index in [0.717, 1.165) is 32.7 Å². The van der Waals surface area contributed by atoms with Crippen LogP contribution in [0, 0.1) is 5.82 Å². The van der Waals surface area contributed by atoms with Crippen LogP contribution in [0.2, 0.25) is 0 Å². The van der Waals surface area contributed by atoms with Gasteiger partial charge in [-0.15, -0.1) is 0 Å². The third-order valence-corrected chi connectivity index (χ3v) is 3.59. The molecule has 2 rings (SSSR count). The molecule has 1 aromatic rings. The maximum atomic E-state index is 13.6. The molecule has 1 heterocycles. The van der Waals surface area contributed by atoms with Crippen LogP contribution >= 0.6 is 15.9 Å². The van der Waals surface area contributed by atoms with Crippen LogP contribution in [0.15, 0.2) is 22.7 Å². The highest BCUT2D eigenvalue weighted by atomic mass is 79.9. The summed E-state index contributed by atoms with van der Waals surface area (Å²) in [5, 5.41) is 6.02. The van der Waals surface area contributed by atoms with Crippen molar-refractivity contribution in [2.75, 3.05) is 39.3 Å². The lowest BCUT2D eigenvalue weighted by molar-refractivity contribution is 0.0943. The highest BCUT2D eigenvalue weighted by molar-refractivity contribution is 9.10. The van der Waals surface area contributed by atoms with Crippen molar-refractivity contribution in [1.82, 2.24) is 15.5 Å². The van der Waals surface area contributed by atoms with Gasteiger partial charge in [0.2, 0.25) is 0 Å². The number of hydrogen-bond donors (Lipinski definition) is 2. The number of rotatable bonds is 4. The van der Waals surface area contributed by atoms with E-state index < -0.39 is 5.82 Å². The van der Waals surface area contributed by atoms with Gasteiger partial charge in [0.15, 0.2) is 0 Å². The van der Waals surface area contributed by atoms with Crippen LogP contribution < -0.4 is 10.6 Å². The van der Waals surface area contributed by atoms with Crippen molar-refractivity contribution >= 4 is 21.8 Å². The van der Waals surface area contributed by atoms with Crippen LogP contribution in [0.4, 0.5) is 4.39 Å². The van der Waals surface area contributed by atoms with E-state index in [1.807, 2.05) is 0 Å². The maximum absolute atomic E-state index is 13.6. The Morgan fingerprint density at radius 2 is 2.16 bits per heavy atom. The van der Waals surface area contributed by atoms with Crippen molar-refractivity contribution in [2.24, 2.45) is 0 Å². The lowest BCUT2D eigenvalue weighted by Crippen LogP contribution is -2.46. The number of amides is 1. The number of benzene rings is 1. The summed E-state index contributed by atoms with van der Waals surface area (Å²) in [6, 6.07) is 4.44. The molecule has 1 aliphatic heterocycles. The Bertz CT molecular complexity index is 450. The van der Waals surface area contributed by atoms with Crippen LogP contribution in [0.1, 0.15) is 10.4 Å². The van der Waals surface area contributed by atoms with Gasteiger partial charge in [0.05, 0.1) is 5.56 Å². The first kappa shape index (κ1) is 14.4. The highest BCUT2D eigenvalue weighted by Crippen LogP contribution is 2.15. The minimum atomic E-state index is -0.506. The lowest BCUT2D eigenvalue weighted by atomic mass is 10.2. The topological polar surface area (TPSA) is 44.4 Å². The fraction of sp³-hybridized carbons (Fsp3) is 0.462. The fourth-order valence-corrected chi connectivity index (χ4v) is 2.36. The number of carbonyl (C=O) groups excluding carboxylic acids is 1. The molecule has 0 saturated carbocycles. The molecule has 0 unspecified atom stereocenters. The zero-order valence-corrected chi connectivity index (χ0v) is 12.2. The Morgan fingerprint density at radius 1 is 1.42 bits per heavy atom. The first-order valence-corrected chi connectivity index (χ1v) is 7.12. The van der Waals surface area contributed by atoms with Crippen LogP contribution in [-0.2, 0) is 0 Å². The Kier molecular flexibility index (Phi) is 5.30. The molecule has 4 nitrogen and oxygen atoms in total. The molecule has 1 saturated heterocycles. The molecule has 0 radical (unpaired) electrons. The van der Waals surface area contributed by atoms with Crippen molar-refractivity contribution in [1.29, 1.82) is 0 Å². The Morgan fingerprint density at radius 3 is 2.84 bits per heavy atom. The number of hydrogen-bond acceptors (Lipinski definition) is 3. The van der Waals surface area contributed by atoms with E-state index in [-0.39, 0.29) is 11.5 Å². The van der Waals surface area contributed by atoms with Gasteiger partial charge < -0.3 is 10.6 Å². The van der Waals surface area contributed by atoms with Crippen molar-refractivity contribution in [2.45, 2.75) is 0 Å². The van der Waals surface area contributed by atoms with Crippen molar-refractivity contribution in [3.05, 3.63) is 34.1 Å². The van der Waals surface area contributed by atoms with E-state index >= 15 is 0 Å². The second-order valence-corrected chi connectivity index (χ2v) is 5.39. The predicted octanol–water partition coefficient (Wildman–Crippen LogP) is 1.22. The molecule has 1 aliphatic rings. The molecule has 0 atom stereocenters. The third kappa shape index (κ3) is 4.26. The van der Waals surface area contributed by atoms with Crippen molar-refractivity contribution in [3.63, 3.8) is 0 Å². The average molecular weight is 330 g/mol. The van der Waals surface area contributed by atoms with Gasteiger partial charge in [-0.1, -0.05) is 15.9 Å². The quantitative estimate of drug-likeness (QED) is 0.873. The van der Waals surface area contributed by atoms with E-state index in [0.29, 0.717) is 11.0 Å². The Labute approximate surface area is 120 Å². The summed E-state index contributed by atoms with van der Waals surface area (Å²) in [6.45, 7) is 5.27. The van der Waals surface area contributed by atoms with Gasteiger partial charge in [-0.05, 0) is 18.2 Å². The number of nitrogens with zero attached hydrogens (tertiary/aromatic N) is 1. The first-order valence-electron chi connectivity index (χ1n) is 6.33. The molecular formula is C13H17BrFN3O. The summed E-state index contributed by atoms with van der Waals surface area (Å²) in [5.41, 5.74) is 0.0866. The Balaban J connectivity index is 1.80. The van der Waals surface area contributed by atoms with Gasteiger partial charge in [-0.3, -0.25) is 9.69 Å². The highest BCUT2D eigenvalue weighted by Gasteiger charge is 2.13. The van der Waals surface area contributed by atoms with Crippen molar-refractivity contribution < 1.29 is 9.18 Å². The van der Waals surface area contributed by atoms with Crippen LogP contribution in [0.3, 0.4) is 0 Å². The van der Waals surface area contributed by atoms with E-state index in [1.54, 1.807) is 6.07 Å². The SMILES string of the molecule is O=C(NCCN1CCNCC1)c1ccc(Br)cc1F. The number of nitrogens with one attached hydrogen (secondary N) is 2. The summed E-state index contributed by atoms with van der Waals surface area (Å²) in [6.07, 6.45) is 0. The minimum Gasteiger partial charge on any atom is -0.351 e. The molecule has 1 aromatic carbocycles. The number of carbonyl (C=O) groups is 1. The van der Waals surface area contributed by atoms with E-state index in [4.69, 9.17) is 0 Å². The summed E-state index contributed by atoms with van der Waals surface area (Å²) in [7, 11) is 0. The van der Waals surface area contributed by atoms with Crippen LogP contribution in [0.5, 0.6) is 0 Å². The number of piperazine rings is 1. The lowest BCUT2D eigenvalue weighted by Gasteiger charge is -2.27. The van der Waals surface area contributed by atoms with Gasteiger partial charge in [0.25, 0.3) is 5.91 Å². The minimum absolute atomic E-state index is 0.0866. The molecule has 0 spiro atoms. The van der Waals surface area contributed by atoms with Crippen LogP contribution in [-0.4, -0.2) is 50.1 Å². The third-order valence-electron chi connectivity index (χ3n) is 3.10. The molecule has 6 heteroatoms.